The molecule has 2 aliphatic carbocycles. The van der Waals surface area contributed by atoms with Gasteiger partial charge in [-0.2, -0.15) is 0 Å². The van der Waals surface area contributed by atoms with E-state index in [-0.39, 0.29) is 11.4 Å². The number of nitrogens with one attached hydrogen (secondary N) is 1. The van der Waals surface area contributed by atoms with Crippen LogP contribution in [-0.4, -0.2) is 18.0 Å². The van der Waals surface area contributed by atoms with Crippen molar-refractivity contribution in [2.45, 2.75) is 57.4 Å². The molecule has 3 N–H and O–H groups in total. The highest BCUT2D eigenvalue weighted by Crippen LogP contribution is 2.39. The molecular weight excluding hydrogens is 200 g/mol. The van der Waals surface area contributed by atoms with Gasteiger partial charge in [0.2, 0.25) is 5.91 Å². The maximum atomic E-state index is 11.9. The first-order valence-corrected chi connectivity index (χ1v) is 6.65. The molecule has 2 saturated carbocycles. The number of carbonyl (C=O) groups is 1. The SMILES string of the molecule is CC(CN)(NC(=O)CC1CCCC1)C1CC1. The molecule has 2 aliphatic rings. The molecule has 0 bridgehead atoms. The van der Waals surface area contributed by atoms with Gasteiger partial charge in [-0.25, -0.2) is 0 Å². The molecule has 0 saturated heterocycles. The van der Waals surface area contributed by atoms with E-state index in [1.807, 2.05) is 0 Å². The zero-order chi connectivity index (χ0) is 11.6. The van der Waals surface area contributed by atoms with Crippen LogP contribution in [0.5, 0.6) is 0 Å². The summed E-state index contributed by atoms with van der Waals surface area (Å²) < 4.78 is 0. The summed E-state index contributed by atoms with van der Waals surface area (Å²) in [6.45, 7) is 2.66. The number of carbonyl (C=O) groups excluding carboxylic acids is 1. The van der Waals surface area contributed by atoms with Crippen LogP contribution in [0.3, 0.4) is 0 Å². The fourth-order valence-electron chi connectivity index (χ4n) is 2.89. The Hall–Kier alpha value is -0.570. The molecule has 1 atom stereocenters. The smallest absolute Gasteiger partial charge is 0.220 e. The molecule has 3 nitrogen and oxygen atoms in total. The standard InChI is InChI=1S/C13H24N2O/c1-13(9-14,11-6-7-11)15-12(16)8-10-4-2-3-5-10/h10-11H,2-9,14H2,1H3,(H,15,16). The molecule has 16 heavy (non-hydrogen) atoms. The molecule has 3 heteroatoms. The lowest BCUT2D eigenvalue weighted by Gasteiger charge is -2.30. The fourth-order valence-corrected chi connectivity index (χ4v) is 2.89. The van der Waals surface area contributed by atoms with Gasteiger partial charge in [0.15, 0.2) is 0 Å². The lowest BCUT2D eigenvalue weighted by atomic mass is 9.94. The lowest BCUT2D eigenvalue weighted by Crippen LogP contribution is -2.53. The minimum atomic E-state index is -0.143. The summed E-state index contributed by atoms with van der Waals surface area (Å²) in [5.74, 6) is 1.46. The van der Waals surface area contributed by atoms with Gasteiger partial charge in [0.1, 0.15) is 0 Å². The predicted octanol–water partition coefficient (Wildman–Crippen LogP) is 1.81. The second-order valence-corrected chi connectivity index (χ2v) is 5.80. The van der Waals surface area contributed by atoms with Gasteiger partial charge >= 0.3 is 0 Å². The Labute approximate surface area is 98.2 Å². The van der Waals surface area contributed by atoms with E-state index < -0.39 is 0 Å². The van der Waals surface area contributed by atoms with E-state index in [2.05, 4.69) is 12.2 Å². The van der Waals surface area contributed by atoms with Crippen LogP contribution < -0.4 is 11.1 Å². The lowest BCUT2D eigenvalue weighted by molar-refractivity contribution is -0.123. The van der Waals surface area contributed by atoms with Gasteiger partial charge in [0.25, 0.3) is 0 Å². The zero-order valence-electron chi connectivity index (χ0n) is 10.3. The van der Waals surface area contributed by atoms with Crippen LogP contribution in [0.15, 0.2) is 0 Å². The average molecular weight is 224 g/mol. The summed E-state index contributed by atoms with van der Waals surface area (Å²) in [5, 5.41) is 3.17. The van der Waals surface area contributed by atoms with Crippen LogP contribution in [0.25, 0.3) is 0 Å². The normalized spacial score (nSPS) is 25.4. The van der Waals surface area contributed by atoms with Crippen LogP contribution in [-0.2, 0) is 4.79 Å². The minimum absolute atomic E-state index is 0.143. The van der Waals surface area contributed by atoms with E-state index in [0.29, 0.717) is 24.8 Å². The van der Waals surface area contributed by atoms with Gasteiger partial charge in [-0.3, -0.25) is 4.79 Å². The summed E-state index contributed by atoms with van der Waals surface area (Å²) >= 11 is 0. The highest BCUT2D eigenvalue weighted by atomic mass is 16.1. The molecule has 0 radical (unpaired) electrons. The molecule has 0 aromatic heterocycles. The third-order valence-corrected chi connectivity index (χ3v) is 4.28. The van der Waals surface area contributed by atoms with E-state index in [1.54, 1.807) is 0 Å². The Morgan fingerprint density at radius 3 is 2.44 bits per heavy atom. The van der Waals surface area contributed by atoms with E-state index in [4.69, 9.17) is 5.73 Å². The Balaban J connectivity index is 1.80. The Morgan fingerprint density at radius 2 is 1.94 bits per heavy atom. The predicted molar refractivity (Wildman–Crippen MR) is 64.9 cm³/mol. The number of hydrogen-bond acceptors (Lipinski definition) is 2. The van der Waals surface area contributed by atoms with Gasteiger partial charge in [-0.1, -0.05) is 12.8 Å². The molecule has 0 spiro atoms. The van der Waals surface area contributed by atoms with Crippen molar-refractivity contribution >= 4 is 5.91 Å². The van der Waals surface area contributed by atoms with Crippen LogP contribution in [0, 0.1) is 11.8 Å². The Kier molecular flexibility index (Phi) is 3.53. The van der Waals surface area contributed by atoms with Crippen molar-refractivity contribution in [2.75, 3.05) is 6.54 Å². The summed E-state index contributed by atoms with van der Waals surface area (Å²) in [5.41, 5.74) is 5.65. The minimum Gasteiger partial charge on any atom is -0.349 e. The van der Waals surface area contributed by atoms with Crippen LogP contribution in [0.2, 0.25) is 0 Å². The summed E-state index contributed by atoms with van der Waals surface area (Å²) in [7, 11) is 0. The van der Waals surface area contributed by atoms with Gasteiger partial charge < -0.3 is 11.1 Å². The molecule has 0 aliphatic heterocycles. The molecule has 1 amide bonds. The van der Waals surface area contributed by atoms with Crippen molar-refractivity contribution in [2.24, 2.45) is 17.6 Å². The Bertz CT molecular complexity index is 257. The summed E-state index contributed by atoms with van der Waals surface area (Å²) in [6.07, 6.45) is 8.22. The zero-order valence-corrected chi connectivity index (χ0v) is 10.3. The molecule has 92 valence electrons. The quantitative estimate of drug-likeness (QED) is 0.748. The monoisotopic (exact) mass is 224 g/mol. The highest BCUT2D eigenvalue weighted by Gasteiger charge is 2.41. The van der Waals surface area contributed by atoms with E-state index >= 15 is 0 Å². The molecular formula is C13H24N2O. The fraction of sp³-hybridized carbons (Fsp3) is 0.923. The van der Waals surface area contributed by atoms with Crippen molar-refractivity contribution in [3.8, 4) is 0 Å². The van der Waals surface area contributed by atoms with Crippen LogP contribution in [0.1, 0.15) is 51.9 Å². The molecule has 0 aromatic rings. The van der Waals surface area contributed by atoms with E-state index in [0.717, 1.165) is 0 Å². The van der Waals surface area contributed by atoms with Gasteiger partial charge in [-0.15, -0.1) is 0 Å². The second-order valence-electron chi connectivity index (χ2n) is 5.80. The molecule has 0 aromatic carbocycles. The molecule has 1 unspecified atom stereocenters. The second kappa shape index (κ2) is 4.74. The third kappa shape index (κ3) is 2.76. The van der Waals surface area contributed by atoms with Crippen molar-refractivity contribution in [3.05, 3.63) is 0 Å². The van der Waals surface area contributed by atoms with Crippen LogP contribution >= 0.6 is 0 Å². The van der Waals surface area contributed by atoms with Crippen molar-refractivity contribution in [1.29, 1.82) is 0 Å². The van der Waals surface area contributed by atoms with E-state index in [1.165, 1.54) is 38.5 Å². The van der Waals surface area contributed by atoms with Crippen molar-refractivity contribution < 1.29 is 4.79 Å². The first-order valence-electron chi connectivity index (χ1n) is 6.65. The van der Waals surface area contributed by atoms with Crippen molar-refractivity contribution in [3.63, 3.8) is 0 Å². The number of nitrogens with two attached hydrogens (primary N) is 1. The molecule has 2 rings (SSSR count). The van der Waals surface area contributed by atoms with E-state index in [9.17, 15) is 4.79 Å². The first kappa shape index (κ1) is 11.9. The van der Waals surface area contributed by atoms with Crippen LogP contribution in [0.4, 0.5) is 0 Å². The van der Waals surface area contributed by atoms with Gasteiger partial charge in [0.05, 0.1) is 5.54 Å². The number of hydrogen-bond donors (Lipinski definition) is 2. The van der Waals surface area contributed by atoms with Gasteiger partial charge in [0, 0.05) is 13.0 Å². The Morgan fingerprint density at radius 1 is 1.31 bits per heavy atom. The third-order valence-electron chi connectivity index (χ3n) is 4.28. The van der Waals surface area contributed by atoms with Crippen molar-refractivity contribution in [1.82, 2.24) is 5.32 Å². The first-order chi connectivity index (χ1) is 7.64. The average Bonchev–Trinajstić information content (AvgIpc) is 3.00. The molecule has 0 heterocycles. The maximum absolute atomic E-state index is 11.9. The topological polar surface area (TPSA) is 55.1 Å². The van der Waals surface area contributed by atoms with Gasteiger partial charge in [-0.05, 0) is 44.4 Å². The highest BCUT2D eigenvalue weighted by molar-refractivity contribution is 5.77. The largest absolute Gasteiger partial charge is 0.349 e. The number of amides is 1. The summed E-state index contributed by atoms with van der Waals surface area (Å²) in [4.78, 5) is 11.9. The summed E-state index contributed by atoms with van der Waals surface area (Å²) in [6, 6.07) is 0. The maximum Gasteiger partial charge on any atom is 0.220 e. The molecule has 2 fully saturated rings. The number of rotatable bonds is 5.